The SMILES string of the molecule is C[C@@H](O)CNC1C(F)C(N)C2C(=O)C(C(=O)NCCC3CCCN3C)=CN3C4CC5CCCCC5CC4OC1C23. The Morgan fingerprint density at radius 2 is 1.98 bits per heavy atom. The zero-order valence-electron chi connectivity index (χ0n) is 24.0. The number of likely N-dealkylation sites (tertiary alicyclic amines) is 1. The second-order valence-corrected chi connectivity index (χ2v) is 13.5. The van der Waals surface area contributed by atoms with Crippen molar-refractivity contribution in [3.63, 3.8) is 0 Å². The van der Waals surface area contributed by atoms with E-state index >= 15 is 4.39 Å². The number of aliphatic hydroxyl groups is 1. The molecule has 0 bridgehead atoms. The molecule has 3 aliphatic carbocycles. The summed E-state index contributed by atoms with van der Waals surface area (Å²) in [6.07, 6.45) is 8.78. The molecule has 12 atom stereocenters. The van der Waals surface area contributed by atoms with E-state index in [1.165, 1.54) is 32.1 Å². The molecular formula is C30H48FN5O4. The summed E-state index contributed by atoms with van der Waals surface area (Å²) in [6, 6.07) is -1.77. The number of hydrogen-bond donors (Lipinski definition) is 4. The summed E-state index contributed by atoms with van der Waals surface area (Å²) in [6.45, 7) is 3.44. The number of nitrogens with two attached hydrogens (primary N) is 1. The number of amides is 1. The van der Waals surface area contributed by atoms with Gasteiger partial charge < -0.3 is 36.0 Å². The third-order valence-electron chi connectivity index (χ3n) is 11.0. The molecule has 3 heterocycles. The molecule has 3 saturated carbocycles. The van der Waals surface area contributed by atoms with Crippen LogP contribution in [0.15, 0.2) is 11.8 Å². The summed E-state index contributed by atoms with van der Waals surface area (Å²) in [5.41, 5.74) is 6.61. The molecule has 2 saturated heterocycles. The van der Waals surface area contributed by atoms with Gasteiger partial charge >= 0.3 is 0 Å². The van der Waals surface area contributed by atoms with Crippen LogP contribution in [0.2, 0.25) is 0 Å². The van der Waals surface area contributed by atoms with Crippen LogP contribution in [-0.2, 0) is 14.3 Å². The predicted molar refractivity (Wildman–Crippen MR) is 149 cm³/mol. The molecule has 0 aromatic carbocycles. The standard InChI is InChI=1S/C30H48FN5O4/c1-16(37)14-34-26-24(31)25(32)23-27-29(26)40-22-13-18-7-4-3-6-17(18)12-21(22)36(27)15-20(28(23)38)30(39)33-10-9-19-8-5-11-35(19)2/h15-19,21-27,29,34,37H,3-14,32H2,1-2H3,(H,33,39)/t16-,17?,18?,19?,21?,22?,23?,24?,25?,26?,27?,29?/m1/s1. The Bertz CT molecular complexity index is 995. The molecule has 11 unspecified atom stereocenters. The number of hydrogen-bond acceptors (Lipinski definition) is 8. The number of morpholine rings is 1. The van der Waals surface area contributed by atoms with Crippen LogP contribution in [0.25, 0.3) is 0 Å². The first-order valence-electron chi connectivity index (χ1n) is 15.7. The second-order valence-electron chi connectivity index (χ2n) is 13.5. The van der Waals surface area contributed by atoms with Crippen molar-refractivity contribution in [1.29, 1.82) is 0 Å². The Labute approximate surface area is 237 Å². The average molecular weight is 562 g/mol. The molecule has 1 amide bonds. The van der Waals surface area contributed by atoms with Gasteiger partial charge in [-0.3, -0.25) is 9.59 Å². The topological polar surface area (TPSA) is 120 Å². The molecular weight excluding hydrogens is 513 g/mol. The van der Waals surface area contributed by atoms with Crippen LogP contribution in [0, 0.1) is 17.8 Å². The molecule has 0 aromatic rings. The number of carbonyl (C=O) groups is 2. The summed E-state index contributed by atoms with van der Waals surface area (Å²) >= 11 is 0. The minimum absolute atomic E-state index is 0.0342. The number of halogens is 1. The maximum atomic E-state index is 16.0. The minimum atomic E-state index is -1.54. The summed E-state index contributed by atoms with van der Waals surface area (Å²) in [5, 5.41) is 16.1. The lowest BCUT2D eigenvalue weighted by atomic mass is 9.64. The van der Waals surface area contributed by atoms with Crippen LogP contribution < -0.4 is 16.4 Å². The van der Waals surface area contributed by atoms with Gasteiger partial charge in [-0.25, -0.2) is 4.39 Å². The predicted octanol–water partition coefficient (Wildman–Crippen LogP) is 1.09. The van der Waals surface area contributed by atoms with E-state index in [2.05, 4.69) is 27.5 Å². The lowest BCUT2D eigenvalue weighted by Crippen LogP contribution is -2.77. The van der Waals surface area contributed by atoms with Crippen LogP contribution in [-0.4, -0.2) is 108 Å². The Balaban J connectivity index is 1.29. The molecule has 5 N–H and O–H groups in total. The third-order valence-corrected chi connectivity index (χ3v) is 11.0. The Kier molecular flexibility index (Phi) is 8.27. The van der Waals surface area contributed by atoms with Crippen molar-refractivity contribution in [2.24, 2.45) is 23.5 Å². The molecule has 3 aliphatic heterocycles. The lowest BCUT2D eigenvalue weighted by Gasteiger charge is -2.62. The van der Waals surface area contributed by atoms with E-state index < -0.39 is 42.4 Å². The fraction of sp³-hybridized carbons (Fsp3) is 0.867. The molecule has 9 nitrogen and oxygen atoms in total. The monoisotopic (exact) mass is 561 g/mol. The fourth-order valence-electron chi connectivity index (χ4n) is 8.89. The minimum Gasteiger partial charge on any atom is -0.392 e. The van der Waals surface area contributed by atoms with Crippen LogP contribution in [0.1, 0.15) is 64.7 Å². The summed E-state index contributed by atoms with van der Waals surface area (Å²) < 4.78 is 22.8. The maximum absolute atomic E-state index is 16.0. The van der Waals surface area contributed by atoms with Gasteiger partial charge in [0.25, 0.3) is 5.91 Å². The molecule has 0 radical (unpaired) electrons. The molecule has 6 aliphatic rings. The van der Waals surface area contributed by atoms with Gasteiger partial charge in [0.05, 0.1) is 47.9 Å². The molecule has 5 fully saturated rings. The Hall–Kier alpha value is -1.59. The number of nitrogens with one attached hydrogen (secondary N) is 2. The number of aliphatic hydroxyl groups excluding tert-OH is 1. The number of ketones is 1. The second kappa shape index (κ2) is 11.6. The van der Waals surface area contributed by atoms with Crippen molar-refractivity contribution in [3.05, 3.63) is 11.8 Å². The molecule has 10 heteroatoms. The van der Waals surface area contributed by atoms with E-state index in [9.17, 15) is 14.7 Å². The van der Waals surface area contributed by atoms with Crippen LogP contribution in [0.5, 0.6) is 0 Å². The van der Waals surface area contributed by atoms with Crippen molar-refractivity contribution in [2.45, 2.75) is 119 Å². The van der Waals surface area contributed by atoms with Gasteiger partial charge in [-0.1, -0.05) is 25.7 Å². The third kappa shape index (κ3) is 5.12. The van der Waals surface area contributed by atoms with Crippen molar-refractivity contribution in [3.8, 4) is 0 Å². The maximum Gasteiger partial charge on any atom is 0.256 e. The lowest BCUT2D eigenvalue weighted by molar-refractivity contribution is -0.211. The van der Waals surface area contributed by atoms with Gasteiger partial charge in [-0.2, -0.15) is 0 Å². The van der Waals surface area contributed by atoms with Crippen molar-refractivity contribution < 1.29 is 23.8 Å². The normalized spacial score (nSPS) is 43.8. The Morgan fingerprint density at radius 1 is 1.23 bits per heavy atom. The van der Waals surface area contributed by atoms with E-state index in [0.717, 1.165) is 32.2 Å². The van der Waals surface area contributed by atoms with Crippen molar-refractivity contribution in [2.75, 3.05) is 26.7 Å². The van der Waals surface area contributed by atoms with Gasteiger partial charge in [0, 0.05) is 31.4 Å². The number of Topliss-reactive ketones (excluding diaryl/α,β-unsaturated/α-hetero) is 1. The molecule has 0 spiro atoms. The number of carbonyl (C=O) groups excluding carboxylic acids is 2. The number of rotatable bonds is 7. The first kappa shape index (κ1) is 28.5. The fourth-order valence-corrected chi connectivity index (χ4v) is 8.89. The van der Waals surface area contributed by atoms with E-state index in [0.29, 0.717) is 24.4 Å². The van der Waals surface area contributed by atoms with E-state index in [-0.39, 0.29) is 36.0 Å². The van der Waals surface area contributed by atoms with Gasteiger partial charge in [0.2, 0.25) is 0 Å². The van der Waals surface area contributed by atoms with Crippen molar-refractivity contribution in [1.82, 2.24) is 20.4 Å². The highest BCUT2D eigenvalue weighted by Gasteiger charge is 2.62. The van der Waals surface area contributed by atoms with E-state index in [4.69, 9.17) is 10.5 Å². The molecule has 40 heavy (non-hydrogen) atoms. The quantitative estimate of drug-likeness (QED) is 0.341. The largest absolute Gasteiger partial charge is 0.392 e. The van der Waals surface area contributed by atoms with Gasteiger partial charge in [-0.05, 0) is 64.5 Å². The van der Waals surface area contributed by atoms with Crippen molar-refractivity contribution >= 4 is 11.7 Å². The molecule has 6 rings (SSSR count). The zero-order valence-corrected chi connectivity index (χ0v) is 24.0. The van der Waals surface area contributed by atoms with Crippen LogP contribution >= 0.6 is 0 Å². The molecule has 0 aromatic heterocycles. The smallest absolute Gasteiger partial charge is 0.256 e. The van der Waals surface area contributed by atoms with Gasteiger partial charge in [0.1, 0.15) is 6.17 Å². The first-order valence-corrected chi connectivity index (χ1v) is 15.7. The summed E-state index contributed by atoms with van der Waals surface area (Å²) in [7, 11) is 2.11. The van der Waals surface area contributed by atoms with E-state index in [1.807, 2.05) is 0 Å². The first-order chi connectivity index (χ1) is 19.2. The highest BCUT2D eigenvalue weighted by atomic mass is 19.1. The Morgan fingerprint density at radius 3 is 2.67 bits per heavy atom. The van der Waals surface area contributed by atoms with Gasteiger partial charge in [-0.15, -0.1) is 0 Å². The highest BCUT2D eigenvalue weighted by molar-refractivity contribution is 6.20. The number of fused-ring (bicyclic) bond motifs is 3. The highest BCUT2D eigenvalue weighted by Crippen LogP contribution is 2.50. The van der Waals surface area contributed by atoms with E-state index in [1.54, 1.807) is 13.1 Å². The summed E-state index contributed by atoms with van der Waals surface area (Å²) in [5.74, 6) is -0.409. The number of ether oxygens (including phenoxy) is 1. The zero-order chi connectivity index (χ0) is 28.1. The van der Waals surface area contributed by atoms with Crippen LogP contribution in [0.4, 0.5) is 4.39 Å². The number of nitrogens with zero attached hydrogens (tertiary/aromatic N) is 2. The van der Waals surface area contributed by atoms with Crippen LogP contribution in [0.3, 0.4) is 0 Å². The summed E-state index contributed by atoms with van der Waals surface area (Å²) in [4.78, 5) is 31.9. The average Bonchev–Trinajstić information content (AvgIpc) is 3.34. The number of alkyl halides is 1. The molecule has 224 valence electrons. The van der Waals surface area contributed by atoms with Gasteiger partial charge in [0.15, 0.2) is 5.78 Å².